The third-order valence-electron chi connectivity index (χ3n) is 6.67. The Bertz CT molecular complexity index is 1040. The maximum absolute atomic E-state index is 13.8. The lowest BCUT2D eigenvalue weighted by Gasteiger charge is -2.28. The minimum absolute atomic E-state index is 0.0712. The van der Waals surface area contributed by atoms with Crippen LogP contribution >= 0.6 is 0 Å². The van der Waals surface area contributed by atoms with Crippen molar-refractivity contribution in [3.8, 4) is 0 Å². The van der Waals surface area contributed by atoms with E-state index in [1.54, 1.807) is 12.1 Å². The molecule has 0 saturated heterocycles. The molecule has 0 saturated carbocycles. The van der Waals surface area contributed by atoms with Gasteiger partial charge in [0.2, 0.25) is 0 Å². The van der Waals surface area contributed by atoms with Crippen LogP contribution in [0, 0.1) is 5.82 Å². The molecule has 7 heteroatoms. The van der Waals surface area contributed by atoms with E-state index in [-0.39, 0.29) is 17.6 Å². The van der Waals surface area contributed by atoms with Crippen LogP contribution in [0.5, 0.6) is 0 Å². The molecule has 32 heavy (non-hydrogen) atoms. The molecule has 4 rings (SSSR count). The van der Waals surface area contributed by atoms with Gasteiger partial charge in [0.25, 0.3) is 11.8 Å². The summed E-state index contributed by atoms with van der Waals surface area (Å²) in [6.45, 7) is 11.1. The molecule has 2 amide bonds. The number of rotatable bonds is 6. The number of hydrogen-bond acceptors (Lipinski definition) is 4. The summed E-state index contributed by atoms with van der Waals surface area (Å²) >= 11 is 0. The largest absolute Gasteiger partial charge is 0.381 e. The summed E-state index contributed by atoms with van der Waals surface area (Å²) in [5.74, 6) is -0.580. The van der Waals surface area contributed by atoms with Crippen molar-refractivity contribution in [2.45, 2.75) is 33.6 Å². The number of nitrogens with zero attached hydrogens (tertiary/aromatic N) is 2. The number of allylic oxidation sites excluding steroid dienone is 1. The monoisotopic (exact) mass is 438 g/mol. The Hall–Kier alpha value is -2.93. The third kappa shape index (κ3) is 4.21. The first-order valence-corrected chi connectivity index (χ1v) is 11.4. The molecule has 0 aliphatic carbocycles. The summed E-state index contributed by atoms with van der Waals surface area (Å²) in [6.07, 6.45) is 3.58. The molecule has 6 nitrogen and oxygen atoms in total. The van der Waals surface area contributed by atoms with Crippen LogP contribution in [-0.2, 0) is 9.59 Å². The molecule has 170 valence electrons. The van der Waals surface area contributed by atoms with Gasteiger partial charge in [-0.2, -0.15) is 0 Å². The lowest BCUT2D eigenvalue weighted by Crippen LogP contribution is -2.40. The van der Waals surface area contributed by atoms with Gasteiger partial charge in [0.05, 0.1) is 5.57 Å². The minimum atomic E-state index is -0.388. The zero-order chi connectivity index (χ0) is 22.8. The molecule has 0 radical (unpaired) electrons. The van der Waals surface area contributed by atoms with Crippen LogP contribution in [0.25, 0.3) is 5.57 Å². The molecule has 0 spiro atoms. The second-order valence-electron chi connectivity index (χ2n) is 8.50. The first-order valence-electron chi connectivity index (χ1n) is 11.4. The standard InChI is InChI=1S/C25H31FN4O2/c1-4-29(5-2)11-12-30-10-6-7-17-15-27-22(16(3)23(17)25(30)32)14-20-19-13-18(26)8-9-21(19)28-24(20)31/h8-9,13-14,27H,4-7,10-12,15H2,1-3H3,(H,28,31)/b20-14-. The van der Waals surface area contributed by atoms with Crippen LogP contribution in [0.4, 0.5) is 10.1 Å². The molecule has 1 aromatic rings. The topological polar surface area (TPSA) is 64.7 Å². The Kier molecular flexibility index (Phi) is 6.46. The van der Waals surface area contributed by atoms with Crippen molar-refractivity contribution >= 4 is 23.1 Å². The first-order chi connectivity index (χ1) is 15.4. The van der Waals surface area contributed by atoms with Gasteiger partial charge in [-0.15, -0.1) is 0 Å². The highest BCUT2D eigenvalue weighted by atomic mass is 19.1. The Morgan fingerprint density at radius 1 is 1.22 bits per heavy atom. The van der Waals surface area contributed by atoms with Gasteiger partial charge in [0, 0.05) is 48.7 Å². The Morgan fingerprint density at radius 3 is 2.75 bits per heavy atom. The fraction of sp³-hybridized carbons (Fsp3) is 0.440. The second-order valence-corrected chi connectivity index (χ2v) is 8.50. The number of nitrogens with one attached hydrogen (secondary N) is 2. The normalized spacial score (nSPS) is 19.9. The van der Waals surface area contributed by atoms with Crippen LogP contribution in [0.15, 0.2) is 46.7 Å². The van der Waals surface area contributed by atoms with E-state index < -0.39 is 0 Å². The van der Waals surface area contributed by atoms with Gasteiger partial charge in [0.15, 0.2) is 0 Å². The first kappa shape index (κ1) is 22.3. The van der Waals surface area contributed by atoms with Crippen LogP contribution in [0.3, 0.4) is 0 Å². The molecule has 0 bridgehead atoms. The SMILES string of the molecule is CCN(CC)CCN1CCCC2=C(C1=O)C(C)=C(/C=C1\C(=O)Nc3ccc(F)cc31)NC2. The Balaban J connectivity index is 1.64. The van der Waals surface area contributed by atoms with Crippen molar-refractivity contribution in [1.29, 1.82) is 0 Å². The highest BCUT2D eigenvalue weighted by Gasteiger charge is 2.31. The molecule has 3 heterocycles. The molecule has 2 N–H and O–H groups in total. The maximum Gasteiger partial charge on any atom is 0.256 e. The smallest absolute Gasteiger partial charge is 0.256 e. The number of hydrogen-bond donors (Lipinski definition) is 2. The number of dihydropyridines is 1. The molecule has 3 aliphatic heterocycles. The van der Waals surface area contributed by atoms with E-state index in [0.29, 0.717) is 29.9 Å². The van der Waals surface area contributed by atoms with Gasteiger partial charge < -0.3 is 20.4 Å². The van der Waals surface area contributed by atoms with Crippen LogP contribution < -0.4 is 10.6 Å². The van der Waals surface area contributed by atoms with E-state index in [1.165, 1.54) is 12.1 Å². The number of amides is 2. The lowest BCUT2D eigenvalue weighted by atomic mass is 9.92. The number of benzene rings is 1. The zero-order valence-electron chi connectivity index (χ0n) is 19.1. The number of likely N-dealkylation sites (N-methyl/N-ethyl adjacent to an activating group) is 1. The van der Waals surface area contributed by atoms with Crippen LogP contribution in [0.2, 0.25) is 0 Å². The predicted molar refractivity (Wildman–Crippen MR) is 124 cm³/mol. The number of fused-ring (bicyclic) bond motifs is 1. The fourth-order valence-corrected chi connectivity index (χ4v) is 4.71. The summed E-state index contributed by atoms with van der Waals surface area (Å²) in [6, 6.07) is 4.27. The maximum atomic E-state index is 13.8. The summed E-state index contributed by atoms with van der Waals surface area (Å²) < 4.78 is 13.8. The molecule has 1 aromatic carbocycles. The van der Waals surface area contributed by atoms with Gasteiger partial charge in [-0.25, -0.2) is 4.39 Å². The van der Waals surface area contributed by atoms with Crippen molar-refractivity contribution in [1.82, 2.24) is 15.1 Å². The van der Waals surface area contributed by atoms with Crippen LogP contribution in [0.1, 0.15) is 39.2 Å². The molecule has 0 unspecified atom stereocenters. The lowest BCUT2D eigenvalue weighted by molar-refractivity contribution is -0.127. The van der Waals surface area contributed by atoms with E-state index in [4.69, 9.17) is 0 Å². The minimum Gasteiger partial charge on any atom is -0.381 e. The van der Waals surface area contributed by atoms with E-state index in [1.807, 2.05) is 11.8 Å². The molecular formula is C25H31FN4O2. The summed E-state index contributed by atoms with van der Waals surface area (Å²) in [5, 5.41) is 6.17. The van der Waals surface area contributed by atoms with Crippen molar-refractivity contribution in [2.75, 3.05) is 44.6 Å². The van der Waals surface area contributed by atoms with Gasteiger partial charge >= 0.3 is 0 Å². The quantitative estimate of drug-likeness (QED) is 0.669. The van der Waals surface area contributed by atoms with Crippen LogP contribution in [-0.4, -0.2) is 60.9 Å². The van der Waals surface area contributed by atoms with E-state index >= 15 is 0 Å². The average molecular weight is 439 g/mol. The summed E-state index contributed by atoms with van der Waals surface area (Å²) in [5.41, 5.74) is 5.04. The molecule has 0 atom stereocenters. The van der Waals surface area contributed by atoms with E-state index in [9.17, 15) is 14.0 Å². The Morgan fingerprint density at radius 2 is 2.00 bits per heavy atom. The number of carbonyl (C=O) groups excluding carboxylic acids is 2. The second kappa shape index (κ2) is 9.28. The molecular weight excluding hydrogens is 407 g/mol. The van der Waals surface area contributed by atoms with Crippen molar-refractivity contribution in [3.63, 3.8) is 0 Å². The van der Waals surface area contributed by atoms with Crippen molar-refractivity contribution in [2.24, 2.45) is 0 Å². The number of carbonyl (C=O) groups is 2. The highest BCUT2D eigenvalue weighted by Crippen LogP contribution is 2.35. The molecule has 3 aliphatic rings. The summed E-state index contributed by atoms with van der Waals surface area (Å²) in [4.78, 5) is 30.3. The number of halogens is 1. The van der Waals surface area contributed by atoms with E-state index in [0.717, 1.165) is 61.4 Å². The van der Waals surface area contributed by atoms with Gasteiger partial charge in [0.1, 0.15) is 5.82 Å². The number of anilines is 1. The molecule has 0 fully saturated rings. The van der Waals surface area contributed by atoms with Crippen molar-refractivity contribution in [3.05, 3.63) is 58.1 Å². The predicted octanol–water partition coefficient (Wildman–Crippen LogP) is 3.30. The fourth-order valence-electron chi connectivity index (χ4n) is 4.71. The van der Waals surface area contributed by atoms with Gasteiger partial charge in [-0.3, -0.25) is 9.59 Å². The zero-order valence-corrected chi connectivity index (χ0v) is 19.1. The van der Waals surface area contributed by atoms with E-state index in [2.05, 4.69) is 29.4 Å². The third-order valence-corrected chi connectivity index (χ3v) is 6.67. The Labute approximate surface area is 188 Å². The highest BCUT2D eigenvalue weighted by molar-refractivity contribution is 6.31. The average Bonchev–Trinajstić information content (AvgIpc) is 2.98. The van der Waals surface area contributed by atoms with Gasteiger partial charge in [-0.1, -0.05) is 13.8 Å². The molecule has 0 aromatic heterocycles. The van der Waals surface area contributed by atoms with Crippen molar-refractivity contribution < 1.29 is 14.0 Å². The summed E-state index contributed by atoms with van der Waals surface area (Å²) in [7, 11) is 0. The van der Waals surface area contributed by atoms with Gasteiger partial charge in [-0.05, 0) is 68.3 Å².